The molecule has 0 N–H and O–H groups in total. The Hall–Kier alpha value is -0.150. The minimum Gasteiger partial charge on any atom is -0.264 e. The van der Waals surface area contributed by atoms with E-state index >= 15 is 0 Å². The Morgan fingerprint density at radius 3 is 2.50 bits per heavy atom. The second kappa shape index (κ2) is 4.77. The van der Waals surface area contributed by atoms with Crippen molar-refractivity contribution < 1.29 is 0 Å². The summed E-state index contributed by atoms with van der Waals surface area (Å²) in [6.07, 6.45) is 8.07. The van der Waals surface area contributed by atoms with E-state index < -0.39 is 0 Å². The number of hydrogen-bond acceptors (Lipinski definition) is 3. The van der Waals surface area contributed by atoms with Gasteiger partial charge in [0, 0.05) is 12.4 Å². The molecule has 1 heterocycles. The van der Waals surface area contributed by atoms with Crippen molar-refractivity contribution in [2.45, 2.75) is 11.5 Å². The number of aromatic nitrogens is 1. The Bertz CT molecular complexity index is 246. The lowest BCUT2D eigenvalue weighted by Crippen LogP contribution is -1.92. The normalized spacial score (nSPS) is 10.7. The molecule has 1 aromatic heterocycles. The third-order valence-electron chi connectivity index (χ3n) is 1.75. The molecule has 0 saturated carbocycles. The molecule has 0 aliphatic rings. The van der Waals surface area contributed by atoms with Gasteiger partial charge in [-0.3, -0.25) is 4.98 Å². The van der Waals surface area contributed by atoms with E-state index in [1.807, 2.05) is 35.9 Å². The first-order valence-electron chi connectivity index (χ1n) is 3.75. The summed E-state index contributed by atoms with van der Waals surface area (Å²) in [7, 11) is 0. The van der Waals surface area contributed by atoms with Gasteiger partial charge < -0.3 is 0 Å². The maximum absolute atomic E-state index is 4.08. The van der Waals surface area contributed by atoms with Crippen LogP contribution >= 0.6 is 23.5 Å². The predicted octanol–water partition coefficient (Wildman–Crippen LogP) is 3.11. The highest BCUT2D eigenvalue weighted by atomic mass is 32.2. The van der Waals surface area contributed by atoms with Crippen LogP contribution in [0.15, 0.2) is 18.5 Å². The molecular formula is C9H13NS2. The van der Waals surface area contributed by atoms with E-state index in [2.05, 4.69) is 30.5 Å². The van der Waals surface area contributed by atoms with Crippen molar-refractivity contribution in [2.75, 3.05) is 12.5 Å². The van der Waals surface area contributed by atoms with Gasteiger partial charge in [0.2, 0.25) is 0 Å². The monoisotopic (exact) mass is 199 g/mol. The zero-order valence-electron chi connectivity index (χ0n) is 7.57. The molecule has 0 aromatic carbocycles. The van der Waals surface area contributed by atoms with Gasteiger partial charge in [0.15, 0.2) is 0 Å². The fourth-order valence-corrected chi connectivity index (χ4v) is 2.91. The van der Waals surface area contributed by atoms with Crippen LogP contribution in [0.1, 0.15) is 15.7 Å². The molecule has 0 unspecified atom stereocenters. The summed E-state index contributed by atoms with van der Waals surface area (Å²) in [6.45, 7) is 2.11. The Morgan fingerprint density at radius 1 is 1.33 bits per heavy atom. The molecule has 0 spiro atoms. The molecule has 0 atom stereocenters. The zero-order valence-corrected chi connectivity index (χ0v) is 9.21. The molecule has 1 rings (SSSR count). The highest BCUT2D eigenvalue weighted by Crippen LogP contribution is 2.36. The van der Waals surface area contributed by atoms with Crippen LogP contribution in [0.3, 0.4) is 0 Å². The van der Waals surface area contributed by atoms with Crippen molar-refractivity contribution in [3.05, 3.63) is 29.6 Å². The van der Waals surface area contributed by atoms with E-state index in [9.17, 15) is 0 Å². The molecule has 0 fully saturated rings. The molecule has 0 bridgehead atoms. The first kappa shape index (κ1) is 9.93. The van der Waals surface area contributed by atoms with Crippen LogP contribution in [0.25, 0.3) is 0 Å². The van der Waals surface area contributed by atoms with Crippen molar-refractivity contribution in [3.8, 4) is 0 Å². The lowest BCUT2D eigenvalue weighted by Gasteiger charge is -2.13. The number of aryl methyl sites for hydroxylation is 1. The summed E-state index contributed by atoms with van der Waals surface area (Å²) >= 11 is 3.74. The standard InChI is InChI=1S/C9H13NS2/c1-7-6-10-5-4-8(7)9(11-2)12-3/h4-6,9H,1-3H3. The van der Waals surface area contributed by atoms with Crippen molar-refractivity contribution in [1.82, 2.24) is 4.98 Å². The number of thioether (sulfide) groups is 2. The van der Waals surface area contributed by atoms with Crippen LogP contribution in [0.4, 0.5) is 0 Å². The summed E-state index contributed by atoms with van der Waals surface area (Å²) in [4.78, 5) is 4.08. The van der Waals surface area contributed by atoms with E-state index in [0.717, 1.165) is 0 Å². The lowest BCUT2D eigenvalue weighted by atomic mass is 10.2. The smallest absolute Gasteiger partial charge is 0.0749 e. The SMILES string of the molecule is CSC(SC)c1ccncc1C. The van der Waals surface area contributed by atoms with Crippen LogP contribution in [0, 0.1) is 6.92 Å². The minimum atomic E-state index is 0.549. The third kappa shape index (κ3) is 2.17. The van der Waals surface area contributed by atoms with E-state index in [1.165, 1.54) is 11.1 Å². The van der Waals surface area contributed by atoms with Crippen LogP contribution in [0.2, 0.25) is 0 Å². The Balaban J connectivity index is 2.92. The minimum absolute atomic E-state index is 0.549. The summed E-state index contributed by atoms with van der Waals surface area (Å²) < 4.78 is 0.549. The molecule has 1 aromatic rings. The van der Waals surface area contributed by atoms with Gasteiger partial charge in [0.1, 0.15) is 0 Å². The number of hydrogen-bond donors (Lipinski definition) is 0. The van der Waals surface area contributed by atoms with Crippen LogP contribution in [-0.4, -0.2) is 17.5 Å². The Kier molecular flexibility index (Phi) is 3.95. The molecule has 66 valence electrons. The third-order valence-corrected chi connectivity index (χ3v) is 4.26. The fraction of sp³-hybridized carbons (Fsp3) is 0.444. The van der Waals surface area contributed by atoms with Gasteiger partial charge >= 0.3 is 0 Å². The Labute approximate surface area is 82.4 Å². The zero-order chi connectivity index (χ0) is 8.97. The van der Waals surface area contributed by atoms with Gasteiger partial charge in [-0.2, -0.15) is 0 Å². The average Bonchev–Trinajstić information content (AvgIpc) is 2.10. The van der Waals surface area contributed by atoms with E-state index in [-0.39, 0.29) is 0 Å². The first-order valence-corrected chi connectivity index (χ1v) is 6.33. The van der Waals surface area contributed by atoms with Crippen LogP contribution in [0.5, 0.6) is 0 Å². The molecule has 3 heteroatoms. The second-order valence-corrected chi connectivity index (χ2v) is 4.72. The van der Waals surface area contributed by atoms with Crippen molar-refractivity contribution >= 4 is 23.5 Å². The van der Waals surface area contributed by atoms with Crippen molar-refractivity contribution in [1.29, 1.82) is 0 Å². The first-order chi connectivity index (χ1) is 5.79. The van der Waals surface area contributed by atoms with E-state index in [0.29, 0.717) is 4.58 Å². The quantitative estimate of drug-likeness (QED) is 0.694. The summed E-state index contributed by atoms with van der Waals surface area (Å²) in [6, 6.07) is 2.10. The van der Waals surface area contributed by atoms with Gasteiger partial charge in [0.05, 0.1) is 4.58 Å². The molecule has 0 aliphatic heterocycles. The van der Waals surface area contributed by atoms with Gasteiger partial charge in [0.25, 0.3) is 0 Å². The lowest BCUT2D eigenvalue weighted by molar-refractivity contribution is 1.19. The molecule has 0 saturated heterocycles. The summed E-state index contributed by atoms with van der Waals surface area (Å²) in [5.41, 5.74) is 2.68. The van der Waals surface area contributed by atoms with Crippen molar-refractivity contribution in [2.24, 2.45) is 0 Å². The maximum atomic E-state index is 4.08. The fourth-order valence-electron chi connectivity index (χ4n) is 1.10. The predicted molar refractivity (Wildman–Crippen MR) is 58.7 cm³/mol. The molecule has 0 amide bonds. The van der Waals surface area contributed by atoms with Gasteiger partial charge in [-0.1, -0.05) is 0 Å². The molecule has 0 aliphatic carbocycles. The number of pyridine rings is 1. The highest BCUT2D eigenvalue weighted by Gasteiger charge is 2.09. The largest absolute Gasteiger partial charge is 0.264 e. The van der Waals surface area contributed by atoms with Crippen LogP contribution < -0.4 is 0 Å². The van der Waals surface area contributed by atoms with Crippen LogP contribution in [-0.2, 0) is 0 Å². The molecule has 12 heavy (non-hydrogen) atoms. The summed E-state index contributed by atoms with van der Waals surface area (Å²) in [5.74, 6) is 0. The summed E-state index contributed by atoms with van der Waals surface area (Å²) in [5, 5.41) is 0. The van der Waals surface area contributed by atoms with Gasteiger partial charge in [-0.25, -0.2) is 0 Å². The van der Waals surface area contributed by atoms with E-state index in [1.54, 1.807) is 0 Å². The van der Waals surface area contributed by atoms with Gasteiger partial charge in [-0.15, -0.1) is 23.5 Å². The Morgan fingerprint density at radius 2 is 2.00 bits per heavy atom. The van der Waals surface area contributed by atoms with Crippen molar-refractivity contribution in [3.63, 3.8) is 0 Å². The molecular weight excluding hydrogens is 186 g/mol. The second-order valence-electron chi connectivity index (χ2n) is 2.54. The van der Waals surface area contributed by atoms with Gasteiger partial charge in [-0.05, 0) is 36.6 Å². The number of rotatable bonds is 3. The number of nitrogens with zero attached hydrogens (tertiary/aromatic N) is 1. The topological polar surface area (TPSA) is 12.9 Å². The molecule has 0 radical (unpaired) electrons. The molecule has 1 nitrogen and oxygen atoms in total. The average molecular weight is 199 g/mol. The maximum Gasteiger partial charge on any atom is 0.0749 e. The van der Waals surface area contributed by atoms with E-state index in [4.69, 9.17) is 0 Å². The highest BCUT2D eigenvalue weighted by molar-refractivity contribution is 8.15.